The minimum Gasteiger partial charge on any atom is -0.338 e. The summed E-state index contributed by atoms with van der Waals surface area (Å²) in [5.41, 5.74) is 1.34. The number of hydrogen-bond donors (Lipinski definition) is 1. The van der Waals surface area contributed by atoms with Gasteiger partial charge in [-0.05, 0) is 26.0 Å². The van der Waals surface area contributed by atoms with Crippen LogP contribution in [0.1, 0.15) is 28.8 Å². The number of nitrogens with zero attached hydrogens (tertiary/aromatic N) is 1. The average molecular weight is 278 g/mol. The number of carbonyl (C=O) groups is 1. The first-order valence-electron chi connectivity index (χ1n) is 5.71. The van der Waals surface area contributed by atoms with E-state index in [0.29, 0.717) is 5.69 Å². The summed E-state index contributed by atoms with van der Waals surface area (Å²) in [6, 6.07) is 6.51. The Balaban J connectivity index is 2.56. The lowest BCUT2D eigenvalue weighted by atomic mass is 10.2. The van der Waals surface area contributed by atoms with Crippen LogP contribution in [0.2, 0.25) is 0 Å². The van der Waals surface area contributed by atoms with Crippen molar-refractivity contribution in [2.75, 3.05) is 0 Å². The molecule has 2 aromatic rings. The van der Waals surface area contributed by atoms with Crippen molar-refractivity contribution >= 4 is 15.6 Å². The monoisotopic (exact) mass is 278 g/mol. The Morgan fingerprint density at radius 1 is 1.16 bits per heavy atom. The second kappa shape index (κ2) is 4.62. The zero-order chi connectivity index (χ0) is 14.2. The molecule has 1 heterocycles. The Morgan fingerprint density at radius 3 is 2.21 bits per heavy atom. The Kier molecular flexibility index (Phi) is 3.28. The molecule has 0 fully saturated rings. The van der Waals surface area contributed by atoms with Crippen molar-refractivity contribution in [2.24, 2.45) is 0 Å². The minimum atomic E-state index is -3.69. The third kappa shape index (κ3) is 2.44. The normalized spacial score (nSPS) is 11.5. The van der Waals surface area contributed by atoms with E-state index in [2.05, 4.69) is 9.97 Å². The molecule has 0 spiro atoms. The van der Waals surface area contributed by atoms with Gasteiger partial charge in [0.15, 0.2) is 16.6 Å². The Labute approximate surface area is 111 Å². The van der Waals surface area contributed by atoms with Gasteiger partial charge in [0.05, 0.1) is 10.6 Å². The molecule has 0 saturated heterocycles. The predicted molar refractivity (Wildman–Crippen MR) is 70.0 cm³/mol. The second-order valence-electron chi connectivity index (χ2n) is 4.39. The van der Waals surface area contributed by atoms with Gasteiger partial charge >= 0.3 is 0 Å². The van der Waals surface area contributed by atoms with Crippen LogP contribution in [-0.4, -0.2) is 24.2 Å². The number of aromatic amines is 1. The van der Waals surface area contributed by atoms with Gasteiger partial charge in [-0.15, -0.1) is 0 Å². The van der Waals surface area contributed by atoms with E-state index in [4.69, 9.17) is 0 Å². The van der Waals surface area contributed by atoms with Gasteiger partial charge in [-0.3, -0.25) is 4.79 Å². The van der Waals surface area contributed by atoms with Crippen LogP contribution in [-0.2, 0) is 9.84 Å². The molecule has 0 amide bonds. The summed E-state index contributed by atoms with van der Waals surface area (Å²) in [6.07, 6.45) is 0. The van der Waals surface area contributed by atoms with Crippen LogP contribution >= 0.6 is 0 Å². The van der Waals surface area contributed by atoms with Crippen LogP contribution in [0.25, 0.3) is 0 Å². The van der Waals surface area contributed by atoms with E-state index >= 15 is 0 Å². The number of rotatable bonds is 3. The van der Waals surface area contributed by atoms with Crippen LogP contribution in [0.15, 0.2) is 34.2 Å². The van der Waals surface area contributed by atoms with Gasteiger partial charge < -0.3 is 4.98 Å². The van der Waals surface area contributed by atoms with Gasteiger partial charge in [-0.25, -0.2) is 13.4 Å². The topological polar surface area (TPSA) is 79.9 Å². The quantitative estimate of drug-likeness (QED) is 0.871. The van der Waals surface area contributed by atoms with E-state index in [1.54, 1.807) is 19.1 Å². The number of aromatic nitrogens is 2. The van der Waals surface area contributed by atoms with Crippen molar-refractivity contribution in [3.8, 4) is 0 Å². The molecule has 1 aromatic heterocycles. The number of hydrogen-bond acceptors (Lipinski definition) is 4. The average Bonchev–Trinajstić information content (AvgIpc) is 2.73. The van der Waals surface area contributed by atoms with Gasteiger partial charge in [0.25, 0.3) is 0 Å². The minimum absolute atomic E-state index is 0.0585. The maximum Gasteiger partial charge on any atom is 0.225 e. The first-order valence-corrected chi connectivity index (χ1v) is 7.20. The molecule has 0 aliphatic heterocycles. The number of benzene rings is 1. The lowest BCUT2D eigenvalue weighted by molar-refractivity contribution is 0.100. The fourth-order valence-corrected chi connectivity index (χ4v) is 3.09. The van der Waals surface area contributed by atoms with E-state index in [1.807, 2.05) is 6.92 Å². The molecule has 0 saturated carbocycles. The highest BCUT2D eigenvalue weighted by atomic mass is 32.2. The molecule has 6 heteroatoms. The Bertz CT molecular complexity index is 728. The number of ketones is 1. The second-order valence-corrected chi connectivity index (χ2v) is 6.25. The zero-order valence-electron chi connectivity index (χ0n) is 10.9. The third-order valence-electron chi connectivity index (χ3n) is 2.76. The molecule has 5 nitrogen and oxygen atoms in total. The molecular formula is C13H14N2O3S. The van der Waals surface area contributed by atoms with Crippen LogP contribution in [0, 0.1) is 13.8 Å². The fourth-order valence-electron chi connectivity index (χ4n) is 1.70. The van der Waals surface area contributed by atoms with Gasteiger partial charge in [0.1, 0.15) is 0 Å². The summed E-state index contributed by atoms with van der Waals surface area (Å²) in [5, 5.41) is -0.0958. The van der Waals surface area contributed by atoms with E-state index in [1.165, 1.54) is 19.1 Å². The molecule has 0 bridgehead atoms. The van der Waals surface area contributed by atoms with Crippen LogP contribution < -0.4 is 0 Å². The standard InChI is InChI=1S/C13H14N2O3S/c1-8-4-6-11(7-5-8)19(17,18)13-9(2)14-12(15-13)10(3)16/h4-7H,1-3H3,(H,14,15). The summed E-state index contributed by atoms with van der Waals surface area (Å²) in [6.45, 7) is 4.80. The maximum absolute atomic E-state index is 12.4. The van der Waals surface area contributed by atoms with E-state index < -0.39 is 9.84 Å². The summed E-state index contributed by atoms with van der Waals surface area (Å²) in [4.78, 5) is 18.0. The van der Waals surface area contributed by atoms with Crippen LogP contribution in [0.3, 0.4) is 0 Å². The molecule has 0 aliphatic rings. The predicted octanol–water partition coefficient (Wildman–Crippen LogP) is 2.06. The van der Waals surface area contributed by atoms with Gasteiger partial charge in [0, 0.05) is 6.92 Å². The first kappa shape index (κ1) is 13.5. The Hall–Kier alpha value is -1.95. The lowest BCUT2D eigenvalue weighted by Crippen LogP contribution is -2.04. The van der Waals surface area contributed by atoms with Crippen molar-refractivity contribution in [3.05, 3.63) is 41.3 Å². The number of imidazole rings is 1. The molecule has 19 heavy (non-hydrogen) atoms. The number of nitrogens with one attached hydrogen (secondary N) is 1. The van der Waals surface area contributed by atoms with E-state index in [0.717, 1.165) is 5.56 Å². The maximum atomic E-state index is 12.4. The molecule has 0 unspecified atom stereocenters. The van der Waals surface area contributed by atoms with Crippen molar-refractivity contribution in [3.63, 3.8) is 0 Å². The molecule has 100 valence electrons. The molecule has 0 radical (unpaired) electrons. The third-order valence-corrected chi connectivity index (χ3v) is 4.56. The SMILES string of the molecule is CC(=O)c1nc(S(=O)(=O)c2ccc(C)cc2)c(C)[nH]1. The molecular weight excluding hydrogens is 264 g/mol. The first-order chi connectivity index (χ1) is 8.82. The highest BCUT2D eigenvalue weighted by molar-refractivity contribution is 7.91. The van der Waals surface area contributed by atoms with E-state index in [-0.39, 0.29) is 21.5 Å². The molecule has 2 rings (SSSR count). The largest absolute Gasteiger partial charge is 0.338 e. The molecule has 0 aliphatic carbocycles. The van der Waals surface area contributed by atoms with Crippen molar-refractivity contribution in [1.82, 2.24) is 9.97 Å². The van der Waals surface area contributed by atoms with Gasteiger partial charge in [-0.2, -0.15) is 0 Å². The van der Waals surface area contributed by atoms with Gasteiger partial charge in [-0.1, -0.05) is 17.7 Å². The Morgan fingerprint density at radius 2 is 1.74 bits per heavy atom. The molecule has 1 N–H and O–H groups in total. The smallest absolute Gasteiger partial charge is 0.225 e. The van der Waals surface area contributed by atoms with Crippen LogP contribution in [0.5, 0.6) is 0 Å². The highest BCUT2D eigenvalue weighted by Gasteiger charge is 2.24. The number of aryl methyl sites for hydroxylation is 2. The lowest BCUT2D eigenvalue weighted by Gasteiger charge is -2.02. The van der Waals surface area contributed by atoms with Crippen molar-refractivity contribution < 1.29 is 13.2 Å². The summed E-state index contributed by atoms with van der Waals surface area (Å²) in [7, 11) is -3.69. The molecule has 1 aromatic carbocycles. The van der Waals surface area contributed by atoms with Crippen molar-refractivity contribution in [1.29, 1.82) is 0 Å². The van der Waals surface area contributed by atoms with Crippen LogP contribution in [0.4, 0.5) is 0 Å². The zero-order valence-corrected chi connectivity index (χ0v) is 11.7. The number of carbonyl (C=O) groups excluding carboxylic acids is 1. The summed E-state index contributed by atoms with van der Waals surface area (Å²) in [5.74, 6) is -0.239. The summed E-state index contributed by atoms with van der Waals surface area (Å²) < 4.78 is 24.8. The van der Waals surface area contributed by atoms with Gasteiger partial charge in [0.2, 0.25) is 9.84 Å². The summed E-state index contributed by atoms with van der Waals surface area (Å²) >= 11 is 0. The van der Waals surface area contributed by atoms with E-state index in [9.17, 15) is 13.2 Å². The number of H-pyrrole nitrogens is 1. The fraction of sp³-hybridized carbons (Fsp3) is 0.231. The van der Waals surface area contributed by atoms with Crippen molar-refractivity contribution in [2.45, 2.75) is 30.7 Å². The molecule has 0 atom stereocenters. The highest BCUT2D eigenvalue weighted by Crippen LogP contribution is 2.22. The number of sulfone groups is 1. The number of Topliss-reactive ketones (excluding diaryl/α,β-unsaturated/α-hetero) is 1.